The van der Waals surface area contributed by atoms with Gasteiger partial charge < -0.3 is 14.2 Å². The molecule has 0 aliphatic heterocycles. The maximum atomic E-state index is 14.9. The summed E-state index contributed by atoms with van der Waals surface area (Å²) in [6.45, 7) is 5.32. The molecular weight excluding hydrogens is 511 g/mol. The van der Waals surface area contributed by atoms with Gasteiger partial charge in [-0.2, -0.15) is 5.10 Å². The van der Waals surface area contributed by atoms with Gasteiger partial charge in [-0.1, -0.05) is 0 Å². The number of nitrogens with one attached hydrogen (secondary N) is 1. The Balaban J connectivity index is 1.32. The van der Waals surface area contributed by atoms with Gasteiger partial charge in [0.25, 0.3) is 0 Å². The van der Waals surface area contributed by atoms with Crippen molar-refractivity contribution in [1.29, 1.82) is 0 Å². The molecule has 1 atom stereocenters. The molecule has 0 saturated carbocycles. The van der Waals surface area contributed by atoms with Crippen LogP contribution in [0, 0.1) is 19.7 Å². The number of amides is 1. The van der Waals surface area contributed by atoms with Gasteiger partial charge in [-0.05, 0) is 50.6 Å². The number of aryl methyl sites for hydroxylation is 2. The zero-order chi connectivity index (χ0) is 26.8. The van der Waals surface area contributed by atoms with Crippen LogP contribution in [0.4, 0.5) is 15.0 Å². The van der Waals surface area contributed by atoms with E-state index in [1.54, 1.807) is 38.2 Å². The Morgan fingerprint density at radius 1 is 1.11 bits per heavy atom. The number of ether oxygens (including phenoxy) is 3. The number of carbonyl (C=O) groups excluding carboxylic acids is 1. The lowest BCUT2D eigenvalue weighted by Gasteiger charge is -2.15. The van der Waals surface area contributed by atoms with Crippen LogP contribution in [-0.2, 0) is 4.74 Å². The number of hydrogen-bond donors (Lipinski definition) is 1. The maximum Gasteiger partial charge on any atom is 0.412 e. The van der Waals surface area contributed by atoms with Gasteiger partial charge in [0, 0.05) is 17.7 Å². The summed E-state index contributed by atoms with van der Waals surface area (Å²) in [4.78, 5) is 25.7. The molecule has 0 fully saturated rings. The van der Waals surface area contributed by atoms with E-state index < -0.39 is 18.0 Å². The molecule has 5 aromatic rings. The molecule has 0 bridgehead atoms. The molecule has 3 heterocycles. The van der Waals surface area contributed by atoms with Gasteiger partial charge in [-0.3, -0.25) is 5.32 Å². The first-order valence-corrected chi connectivity index (χ1v) is 12.4. The molecule has 2 aromatic carbocycles. The van der Waals surface area contributed by atoms with Crippen molar-refractivity contribution in [2.45, 2.75) is 26.9 Å². The van der Waals surface area contributed by atoms with Gasteiger partial charge in [-0.25, -0.2) is 24.1 Å². The normalized spacial score (nSPS) is 11.9. The fraction of sp³-hybridized carbons (Fsp3) is 0.231. The monoisotopic (exact) mass is 534 g/mol. The largest absolute Gasteiger partial charge is 0.484 e. The highest BCUT2D eigenvalue weighted by Gasteiger charge is 2.17. The first-order valence-electron chi connectivity index (χ1n) is 11.6. The standard InChI is InChI=1S/C26H23FN6O4S/c1-13-7-16(24-19(8-13)29-23(35-4)11-28-24)25-30-18-9-17(27)20(10-21(18)38-25)37-15(3)12-36-26(34)31-22-6-5-14(2)32-33-22/h5-11,15H,12H2,1-4H3,(H,31,33,34)/t15-/m0/s1. The second kappa shape index (κ2) is 10.5. The Kier molecular flexibility index (Phi) is 6.97. The molecule has 0 radical (unpaired) electrons. The van der Waals surface area contributed by atoms with Gasteiger partial charge in [0.2, 0.25) is 5.88 Å². The summed E-state index contributed by atoms with van der Waals surface area (Å²) in [5.41, 5.74) is 4.35. The van der Waals surface area contributed by atoms with Crippen molar-refractivity contribution in [2.24, 2.45) is 0 Å². The van der Waals surface area contributed by atoms with E-state index in [1.807, 2.05) is 19.1 Å². The predicted molar refractivity (Wildman–Crippen MR) is 141 cm³/mol. The second-order valence-corrected chi connectivity index (χ2v) is 9.60. The van der Waals surface area contributed by atoms with Crippen LogP contribution in [0.15, 0.2) is 42.6 Å². The van der Waals surface area contributed by atoms with Crippen molar-refractivity contribution < 1.29 is 23.4 Å². The van der Waals surface area contributed by atoms with E-state index in [0.29, 0.717) is 27.4 Å². The minimum absolute atomic E-state index is 0.0345. The predicted octanol–water partition coefficient (Wildman–Crippen LogP) is 5.48. The highest BCUT2D eigenvalue weighted by molar-refractivity contribution is 7.21. The lowest BCUT2D eigenvalue weighted by Crippen LogP contribution is -2.24. The highest BCUT2D eigenvalue weighted by Crippen LogP contribution is 2.37. The molecular formula is C26H23FN6O4S. The van der Waals surface area contributed by atoms with Crippen molar-refractivity contribution in [2.75, 3.05) is 19.0 Å². The lowest BCUT2D eigenvalue weighted by molar-refractivity contribution is 0.0969. The third-order valence-corrected chi connectivity index (χ3v) is 6.51. The van der Waals surface area contributed by atoms with Crippen molar-refractivity contribution in [3.8, 4) is 22.2 Å². The van der Waals surface area contributed by atoms with Crippen LogP contribution in [0.1, 0.15) is 18.2 Å². The van der Waals surface area contributed by atoms with E-state index in [0.717, 1.165) is 21.5 Å². The Hall–Kier alpha value is -4.45. The zero-order valence-electron chi connectivity index (χ0n) is 21.0. The van der Waals surface area contributed by atoms with Crippen molar-refractivity contribution >= 4 is 44.5 Å². The van der Waals surface area contributed by atoms with Crippen LogP contribution in [0.25, 0.3) is 31.8 Å². The zero-order valence-corrected chi connectivity index (χ0v) is 21.8. The summed E-state index contributed by atoms with van der Waals surface area (Å²) in [5.74, 6) is 0.145. The topological polar surface area (TPSA) is 121 Å². The molecule has 5 rings (SSSR count). The fourth-order valence-electron chi connectivity index (χ4n) is 3.69. The molecule has 194 valence electrons. The summed E-state index contributed by atoms with van der Waals surface area (Å²) in [5, 5.41) is 10.9. The van der Waals surface area contributed by atoms with Crippen LogP contribution >= 0.6 is 11.3 Å². The van der Waals surface area contributed by atoms with E-state index in [4.69, 9.17) is 14.2 Å². The van der Waals surface area contributed by atoms with Crippen LogP contribution in [0.2, 0.25) is 0 Å². The summed E-state index contributed by atoms with van der Waals surface area (Å²) in [6.07, 6.45) is 0.223. The molecule has 0 aliphatic carbocycles. The van der Waals surface area contributed by atoms with E-state index in [2.05, 4.69) is 30.5 Å². The summed E-state index contributed by atoms with van der Waals surface area (Å²) in [7, 11) is 1.54. The molecule has 0 spiro atoms. The molecule has 1 N–H and O–H groups in total. The number of nitrogens with zero attached hydrogens (tertiary/aromatic N) is 5. The minimum Gasteiger partial charge on any atom is -0.484 e. The van der Waals surface area contributed by atoms with Crippen molar-refractivity contribution in [3.05, 3.63) is 59.7 Å². The number of methoxy groups -OCH3 is 1. The highest BCUT2D eigenvalue weighted by atomic mass is 32.1. The third-order valence-electron chi connectivity index (χ3n) is 5.46. The molecule has 0 aliphatic rings. The van der Waals surface area contributed by atoms with E-state index in [9.17, 15) is 9.18 Å². The van der Waals surface area contributed by atoms with Crippen LogP contribution in [-0.4, -0.2) is 51.1 Å². The van der Waals surface area contributed by atoms with Crippen molar-refractivity contribution in [3.63, 3.8) is 0 Å². The SMILES string of the molecule is COc1cnc2c(-c3nc4cc(F)c(O[C@@H](C)COC(=O)Nc5ccc(C)nn5)cc4s3)cc(C)cc2n1. The number of thiazole rings is 1. The third kappa shape index (κ3) is 5.44. The first kappa shape index (κ1) is 25.2. The smallest absolute Gasteiger partial charge is 0.412 e. The van der Waals surface area contributed by atoms with Crippen molar-refractivity contribution in [1.82, 2.24) is 25.1 Å². The molecule has 38 heavy (non-hydrogen) atoms. The summed E-state index contributed by atoms with van der Waals surface area (Å²) >= 11 is 1.39. The molecule has 1 amide bonds. The number of carbonyl (C=O) groups is 1. The van der Waals surface area contributed by atoms with E-state index >= 15 is 0 Å². The summed E-state index contributed by atoms with van der Waals surface area (Å²) in [6, 6.07) is 10.1. The first-order chi connectivity index (χ1) is 18.3. The maximum absolute atomic E-state index is 14.9. The minimum atomic E-state index is -0.715. The van der Waals surface area contributed by atoms with Gasteiger partial charge in [0.1, 0.15) is 17.7 Å². The van der Waals surface area contributed by atoms with Crippen LogP contribution in [0.5, 0.6) is 11.6 Å². The summed E-state index contributed by atoms with van der Waals surface area (Å²) < 4.78 is 31.7. The number of hydrogen-bond acceptors (Lipinski definition) is 10. The van der Waals surface area contributed by atoms with E-state index in [-0.39, 0.29) is 18.2 Å². The van der Waals surface area contributed by atoms with Crippen LogP contribution < -0.4 is 14.8 Å². The Labute approximate surface area is 220 Å². The number of benzene rings is 2. The Morgan fingerprint density at radius 2 is 1.95 bits per heavy atom. The number of fused-ring (bicyclic) bond motifs is 2. The number of halogens is 1. The fourth-order valence-corrected chi connectivity index (χ4v) is 4.69. The molecule has 10 nitrogen and oxygen atoms in total. The van der Waals surface area contributed by atoms with Gasteiger partial charge in [0.05, 0.1) is 40.3 Å². The second-order valence-electron chi connectivity index (χ2n) is 8.57. The molecule has 3 aromatic heterocycles. The molecule has 0 unspecified atom stereocenters. The van der Waals surface area contributed by atoms with Gasteiger partial charge in [0.15, 0.2) is 17.4 Å². The Bertz CT molecular complexity index is 1640. The average Bonchev–Trinajstić information content (AvgIpc) is 3.30. The van der Waals surface area contributed by atoms with E-state index in [1.165, 1.54) is 24.5 Å². The Morgan fingerprint density at radius 3 is 2.71 bits per heavy atom. The number of rotatable bonds is 7. The quantitative estimate of drug-likeness (QED) is 0.289. The van der Waals surface area contributed by atoms with Gasteiger partial charge >= 0.3 is 6.09 Å². The van der Waals surface area contributed by atoms with Gasteiger partial charge in [-0.15, -0.1) is 16.4 Å². The van der Waals surface area contributed by atoms with Crippen LogP contribution in [0.3, 0.4) is 0 Å². The average molecular weight is 535 g/mol. The number of aromatic nitrogens is 5. The number of anilines is 1. The lowest BCUT2D eigenvalue weighted by atomic mass is 10.1. The molecule has 0 saturated heterocycles. The molecule has 12 heteroatoms.